The van der Waals surface area contributed by atoms with Crippen LogP contribution in [0.5, 0.6) is 0 Å². The van der Waals surface area contributed by atoms with E-state index in [2.05, 4.69) is 25.2 Å². The normalized spacial score (nSPS) is 17.3. The summed E-state index contributed by atoms with van der Waals surface area (Å²) in [4.78, 5) is 26.3. The van der Waals surface area contributed by atoms with E-state index in [1.165, 1.54) is 12.3 Å². The molecule has 4 rings (SSSR count). The number of nitrogens with zero attached hydrogens (tertiary/aromatic N) is 5. The van der Waals surface area contributed by atoms with Gasteiger partial charge in [0.2, 0.25) is 0 Å². The van der Waals surface area contributed by atoms with Crippen LogP contribution in [0.4, 0.5) is 17.3 Å². The fourth-order valence-electron chi connectivity index (χ4n) is 2.89. The highest BCUT2D eigenvalue weighted by atomic mass is 32.1. The minimum absolute atomic E-state index is 0.00515. The van der Waals surface area contributed by atoms with Gasteiger partial charge < -0.3 is 10.2 Å². The van der Waals surface area contributed by atoms with Crippen molar-refractivity contribution in [3.63, 3.8) is 0 Å². The van der Waals surface area contributed by atoms with Crippen LogP contribution < -0.4 is 10.2 Å². The molecule has 0 radical (unpaired) electrons. The maximum absolute atomic E-state index is 10.7. The van der Waals surface area contributed by atoms with Crippen LogP contribution in [0.2, 0.25) is 0 Å². The second-order valence-electron chi connectivity index (χ2n) is 5.57. The third-order valence-corrected chi connectivity index (χ3v) is 4.86. The molecule has 1 fully saturated rings. The van der Waals surface area contributed by atoms with E-state index in [4.69, 9.17) is 0 Å². The average molecular weight is 342 g/mol. The largest absolute Gasteiger partial charge is 0.365 e. The Kier molecular flexibility index (Phi) is 3.69. The molecule has 1 saturated heterocycles. The number of pyridine rings is 1. The molecule has 0 spiro atoms. The van der Waals surface area contributed by atoms with Gasteiger partial charge in [0.15, 0.2) is 0 Å². The number of hydrogen-bond acceptors (Lipinski definition) is 8. The van der Waals surface area contributed by atoms with Crippen LogP contribution in [-0.2, 0) is 0 Å². The molecule has 1 aliphatic rings. The summed E-state index contributed by atoms with van der Waals surface area (Å²) in [6, 6.07) is 5.38. The minimum Gasteiger partial charge on any atom is -0.365 e. The van der Waals surface area contributed by atoms with Crippen LogP contribution in [0.1, 0.15) is 6.42 Å². The third kappa shape index (κ3) is 2.73. The van der Waals surface area contributed by atoms with Gasteiger partial charge in [-0.15, -0.1) is 11.3 Å². The molecule has 4 heterocycles. The van der Waals surface area contributed by atoms with Gasteiger partial charge in [-0.1, -0.05) is 0 Å². The Bertz CT molecular complexity index is 881. The van der Waals surface area contributed by atoms with Crippen LogP contribution in [0.15, 0.2) is 36.1 Å². The molecule has 0 amide bonds. The van der Waals surface area contributed by atoms with E-state index < -0.39 is 4.92 Å². The number of rotatable bonds is 4. The van der Waals surface area contributed by atoms with Crippen LogP contribution >= 0.6 is 11.3 Å². The summed E-state index contributed by atoms with van der Waals surface area (Å²) in [7, 11) is 0. The van der Waals surface area contributed by atoms with Crippen LogP contribution in [0.3, 0.4) is 0 Å². The fourth-order valence-corrected chi connectivity index (χ4v) is 3.62. The van der Waals surface area contributed by atoms with Crippen LogP contribution in [0, 0.1) is 10.1 Å². The molecule has 1 aliphatic heterocycles. The molecule has 0 aliphatic carbocycles. The molecule has 3 aromatic rings. The molecular weight excluding hydrogens is 328 g/mol. The van der Waals surface area contributed by atoms with E-state index in [0.29, 0.717) is 5.82 Å². The lowest BCUT2D eigenvalue weighted by molar-refractivity contribution is -0.385. The number of anilines is 2. The van der Waals surface area contributed by atoms with Crippen LogP contribution in [-0.4, -0.2) is 39.0 Å². The zero-order chi connectivity index (χ0) is 16.5. The minimum atomic E-state index is -0.449. The molecule has 1 N–H and O–H groups in total. The van der Waals surface area contributed by atoms with Gasteiger partial charge in [-0.3, -0.25) is 10.1 Å². The summed E-state index contributed by atoms with van der Waals surface area (Å²) >= 11 is 1.61. The monoisotopic (exact) mass is 342 g/mol. The van der Waals surface area contributed by atoms with Gasteiger partial charge in [0.1, 0.15) is 29.0 Å². The van der Waals surface area contributed by atoms with Gasteiger partial charge in [0, 0.05) is 25.2 Å². The predicted molar refractivity (Wildman–Crippen MR) is 92.5 cm³/mol. The second kappa shape index (κ2) is 6.00. The average Bonchev–Trinajstić information content (AvgIpc) is 3.24. The summed E-state index contributed by atoms with van der Waals surface area (Å²) in [5.74, 6) is 1.61. The maximum atomic E-state index is 10.7. The summed E-state index contributed by atoms with van der Waals surface area (Å²) in [6.07, 6.45) is 3.83. The summed E-state index contributed by atoms with van der Waals surface area (Å²) in [5, 5.41) is 17.1. The molecule has 0 bridgehead atoms. The van der Waals surface area contributed by atoms with Gasteiger partial charge >= 0.3 is 0 Å². The van der Waals surface area contributed by atoms with Crippen molar-refractivity contribution < 1.29 is 4.92 Å². The molecule has 24 heavy (non-hydrogen) atoms. The lowest BCUT2D eigenvalue weighted by atomic mass is 10.2. The lowest BCUT2D eigenvalue weighted by Crippen LogP contribution is -2.27. The lowest BCUT2D eigenvalue weighted by Gasteiger charge is -2.18. The van der Waals surface area contributed by atoms with Gasteiger partial charge in [0.05, 0.1) is 10.3 Å². The van der Waals surface area contributed by atoms with Crippen molar-refractivity contribution in [2.24, 2.45) is 0 Å². The summed E-state index contributed by atoms with van der Waals surface area (Å²) < 4.78 is 0. The Hall–Kier alpha value is -2.81. The Morgan fingerprint density at radius 1 is 1.29 bits per heavy atom. The first kappa shape index (κ1) is 14.8. The first-order chi connectivity index (χ1) is 11.7. The van der Waals surface area contributed by atoms with Gasteiger partial charge in [-0.25, -0.2) is 15.0 Å². The molecule has 0 saturated carbocycles. The van der Waals surface area contributed by atoms with Crippen molar-refractivity contribution in [3.05, 3.63) is 46.2 Å². The third-order valence-electron chi connectivity index (χ3n) is 4.04. The number of nitro groups is 1. The van der Waals surface area contributed by atoms with Crippen LogP contribution in [0.25, 0.3) is 10.2 Å². The first-order valence-corrected chi connectivity index (χ1v) is 8.39. The smallest absolute Gasteiger partial charge is 0.287 e. The number of fused-ring (bicyclic) bond motifs is 1. The summed E-state index contributed by atoms with van der Waals surface area (Å²) in [6.45, 7) is 1.70. The van der Waals surface area contributed by atoms with E-state index >= 15 is 0 Å². The molecule has 1 atom stereocenters. The van der Waals surface area contributed by atoms with Gasteiger partial charge in [-0.2, -0.15) is 0 Å². The number of aromatic nitrogens is 3. The van der Waals surface area contributed by atoms with E-state index in [0.717, 1.165) is 35.5 Å². The Balaban J connectivity index is 1.46. The molecule has 9 heteroatoms. The van der Waals surface area contributed by atoms with E-state index in [9.17, 15) is 10.1 Å². The zero-order valence-corrected chi connectivity index (χ0v) is 13.4. The Labute approximate surface area is 141 Å². The maximum Gasteiger partial charge on any atom is 0.287 e. The topological polar surface area (TPSA) is 97.1 Å². The summed E-state index contributed by atoms with van der Waals surface area (Å²) in [5.41, 5.74) is -0.00515. The molecule has 0 unspecified atom stereocenters. The van der Waals surface area contributed by atoms with Gasteiger partial charge in [-0.05, 0) is 23.9 Å². The van der Waals surface area contributed by atoms with Gasteiger partial charge in [0.25, 0.3) is 5.69 Å². The number of thiophene rings is 1. The molecule has 8 nitrogen and oxygen atoms in total. The van der Waals surface area contributed by atoms with Crippen molar-refractivity contribution in [2.45, 2.75) is 12.5 Å². The van der Waals surface area contributed by atoms with Crippen molar-refractivity contribution >= 4 is 38.9 Å². The van der Waals surface area contributed by atoms with Crippen molar-refractivity contribution in [1.29, 1.82) is 0 Å². The number of hydrogen-bond donors (Lipinski definition) is 1. The highest BCUT2D eigenvalue weighted by molar-refractivity contribution is 7.16. The predicted octanol–water partition coefficient (Wildman–Crippen LogP) is 2.69. The molecule has 0 aromatic carbocycles. The Morgan fingerprint density at radius 2 is 2.21 bits per heavy atom. The molecule has 3 aromatic heterocycles. The van der Waals surface area contributed by atoms with E-state index in [-0.39, 0.29) is 11.7 Å². The first-order valence-electron chi connectivity index (χ1n) is 7.51. The molecule has 122 valence electrons. The zero-order valence-electron chi connectivity index (χ0n) is 12.6. The SMILES string of the molecule is O=[N+]([O-])c1ccc(N[C@H]2CCN(c3ncnc4sccc34)C2)nc1. The highest BCUT2D eigenvalue weighted by Crippen LogP contribution is 2.29. The fraction of sp³-hybridized carbons (Fsp3) is 0.267. The van der Waals surface area contributed by atoms with Crippen molar-refractivity contribution in [1.82, 2.24) is 15.0 Å². The van der Waals surface area contributed by atoms with E-state index in [1.807, 2.05) is 11.4 Å². The molecular formula is C15H14N6O2S. The van der Waals surface area contributed by atoms with Crippen molar-refractivity contribution in [3.8, 4) is 0 Å². The van der Waals surface area contributed by atoms with E-state index in [1.54, 1.807) is 23.7 Å². The quantitative estimate of drug-likeness (QED) is 0.575. The Morgan fingerprint density at radius 3 is 3.00 bits per heavy atom. The standard InChI is InChI=1S/C15H14N6O2S/c22-21(23)11-1-2-13(16-7-11)19-10-3-5-20(8-10)14-12-4-6-24-15(12)18-9-17-14/h1-2,4,6-7,9-10H,3,5,8H2,(H,16,19)/t10-/m0/s1. The highest BCUT2D eigenvalue weighted by Gasteiger charge is 2.25. The number of nitrogens with one attached hydrogen (secondary N) is 1. The van der Waals surface area contributed by atoms with Crippen molar-refractivity contribution in [2.75, 3.05) is 23.3 Å². The second-order valence-corrected chi connectivity index (χ2v) is 6.47.